The second-order valence-electron chi connectivity index (χ2n) is 7.69. The lowest BCUT2D eigenvalue weighted by Gasteiger charge is -2.31. The van der Waals surface area contributed by atoms with E-state index in [0.29, 0.717) is 30.8 Å². The van der Waals surface area contributed by atoms with Crippen molar-refractivity contribution < 1.29 is 14.0 Å². The van der Waals surface area contributed by atoms with E-state index in [-0.39, 0.29) is 11.8 Å². The predicted octanol–water partition coefficient (Wildman–Crippen LogP) is 2.60. The van der Waals surface area contributed by atoms with Crippen LogP contribution in [0.3, 0.4) is 0 Å². The fourth-order valence-electron chi connectivity index (χ4n) is 3.86. The molecule has 3 heterocycles. The number of aryl methyl sites for hydroxylation is 1. The number of hydrogen-bond donors (Lipinski definition) is 1. The van der Waals surface area contributed by atoms with Crippen LogP contribution < -0.4 is 5.43 Å². The summed E-state index contributed by atoms with van der Waals surface area (Å²) in [6.45, 7) is 4.99. The number of pyridine rings is 1. The Labute approximate surface area is 183 Å². The summed E-state index contributed by atoms with van der Waals surface area (Å²) < 4.78 is 6.72. The molecule has 2 amide bonds. The van der Waals surface area contributed by atoms with E-state index in [9.17, 15) is 9.59 Å². The number of carbonyl (C=O) groups is 2. The molecule has 8 nitrogen and oxygen atoms in total. The first-order valence-electron chi connectivity index (χ1n) is 10.0. The number of furan rings is 1. The number of nitrogens with zero attached hydrogens (tertiary/aromatic N) is 4. The Morgan fingerprint density at radius 2 is 1.97 bits per heavy atom. The molecule has 0 saturated carbocycles. The van der Waals surface area contributed by atoms with Gasteiger partial charge in [-0.3, -0.25) is 14.6 Å². The van der Waals surface area contributed by atoms with Gasteiger partial charge in [-0.05, 0) is 48.8 Å². The Balaban J connectivity index is 1.56. The molecule has 0 unspecified atom stereocenters. The van der Waals surface area contributed by atoms with Crippen molar-refractivity contribution >= 4 is 33.5 Å². The van der Waals surface area contributed by atoms with Gasteiger partial charge in [0.1, 0.15) is 5.76 Å². The highest BCUT2D eigenvalue weighted by Gasteiger charge is 2.31. The number of fused-ring (bicyclic) bond motifs is 1. The average Bonchev–Trinajstić information content (AvgIpc) is 3.09. The minimum atomic E-state index is -0.335. The van der Waals surface area contributed by atoms with Crippen molar-refractivity contribution in [3.63, 3.8) is 0 Å². The second-order valence-corrected chi connectivity index (χ2v) is 8.61. The van der Waals surface area contributed by atoms with Crippen LogP contribution >= 0.6 is 15.9 Å². The number of aromatic nitrogens is 1. The molecular formula is C21H24BrN5O3. The van der Waals surface area contributed by atoms with Crippen LogP contribution in [-0.4, -0.2) is 65.5 Å². The molecule has 0 atom stereocenters. The maximum Gasteiger partial charge on any atom is 0.289 e. The van der Waals surface area contributed by atoms with Gasteiger partial charge in [0.15, 0.2) is 5.76 Å². The van der Waals surface area contributed by atoms with Crippen LogP contribution in [0.2, 0.25) is 0 Å². The summed E-state index contributed by atoms with van der Waals surface area (Å²) in [7, 11) is 2.06. The zero-order valence-corrected chi connectivity index (χ0v) is 18.7. The van der Waals surface area contributed by atoms with Crippen molar-refractivity contribution in [2.24, 2.45) is 5.10 Å². The van der Waals surface area contributed by atoms with Gasteiger partial charge in [-0.25, -0.2) is 5.43 Å². The van der Waals surface area contributed by atoms with Gasteiger partial charge in [0, 0.05) is 60.6 Å². The minimum Gasteiger partial charge on any atom is -0.455 e. The molecule has 1 N–H and O–H groups in total. The summed E-state index contributed by atoms with van der Waals surface area (Å²) in [4.78, 5) is 33.5. The first kappa shape index (κ1) is 20.7. The molecule has 2 aromatic rings. The third-order valence-electron chi connectivity index (χ3n) is 5.57. The molecule has 1 saturated heterocycles. The number of rotatable bonds is 3. The molecule has 1 aliphatic heterocycles. The van der Waals surface area contributed by atoms with Crippen molar-refractivity contribution in [3.8, 4) is 0 Å². The average molecular weight is 474 g/mol. The van der Waals surface area contributed by atoms with E-state index in [1.54, 1.807) is 12.3 Å². The molecule has 30 heavy (non-hydrogen) atoms. The Kier molecular flexibility index (Phi) is 6.01. The number of nitrogens with one attached hydrogen (secondary N) is 1. The molecule has 1 aliphatic carbocycles. The lowest BCUT2D eigenvalue weighted by Crippen LogP contribution is -2.47. The summed E-state index contributed by atoms with van der Waals surface area (Å²) in [5, 5.41) is 4.37. The quantitative estimate of drug-likeness (QED) is 0.691. The third kappa shape index (κ3) is 4.17. The van der Waals surface area contributed by atoms with Gasteiger partial charge < -0.3 is 14.2 Å². The van der Waals surface area contributed by atoms with Crippen molar-refractivity contribution in [1.29, 1.82) is 0 Å². The highest BCUT2D eigenvalue weighted by Crippen LogP contribution is 2.30. The number of likely N-dealkylation sites (N-methyl/N-ethyl adjacent to an activating group) is 1. The molecule has 2 aliphatic rings. The van der Waals surface area contributed by atoms with E-state index < -0.39 is 0 Å². The molecular weight excluding hydrogens is 450 g/mol. The lowest BCUT2D eigenvalue weighted by atomic mass is 9.93. The number of hydrazone groups is 1. The number of amides is 2. The zero-order chi connectivity index (χ0) is 21.3. The molecule has 1 fully saturated rings. The smallest absolute Gasteiger partial charge is 0.289 e. The number of hydrogen-bond acceptors (Lipinski definition) is 6. The monoisotopic (exact) mass is 473 g/mol. The molecule has 9 heteroatoms. The standard InChI is InChI=1S/C21H24BrN5O3/c1-13-18-16(24-25-20(28)14-10-15(22)12-23-11-14)4-3-5-17(18)30-19(13)21(29)27-8-6-26(2)7-9-27/h10-12H,3-9H2,1-2H3,(H,25,28)/b24-16+. The number of carbonyl (C=O) groups excluding carboxylic acids is 2. The van der Waals surface area contributed by atoms with E-state index in [4.69, 9.17) is 4.42 Å². The molecule has 0 aromatic carbocycles. The van der Waals surface area contributed by atoms with E-state index in [1.807, 2.05) is 11.8 Å². The molecule has 0 spiro atoms. The van der Waals surface area contributed by atoms with Gasteiger partial charge in [0.2, 0.25) is 0 Å². The summed E-state index contributed by atoms with van der Waals surface area (Å²) in [6.07, 6.45) is 5.43. The topological polar surface area (TPSA) is 91.0 Å². The Hall–Kier alpha value is -2.52. The summed E-state index contributed by atoms with van der Waals surface area (Å²) >= 11 is 3.31. The minimum absolute atomic E-state index is 0.0707. The van der Waals surface area contributed by atoms with Gasteiger partial charge in [-0.1, -0.05) is 0 Å². The maximum absolute atomic E-state index is 13.0. The summed E-state index contributed by atoms with van der Waals surface area (Å²) in [6, 6.07) is 1.69. The lowest BCUT2D eigenvalue weighted by molar-refractivity contribution is 0.0629. The van der Waals surface area contributed by atoms with Gasteiger partial charge in [0.05, 0.1) is 11.3 Å². The third-order valence-corrected chi connectivity index (χ3v) is 6.00. The van der Waals surface area contributed by atoms with Gasteiger partial charge in [-0.2, -0.15) is 5.10 Å². The zero-order valence-electron chi connectivity index (χ0n) is 17.1. The van der Waals surface area contributed by atoms with Gasteiger partial charge in [-0.15, -0.1) is 0 Å². The molecule has 0 bridgehead atoms. The largest absolute Gasteiger partial charge is 0.455 e. The van der Waals surface area contributed by atoms with Crippen molar-refractivity contribution in [3.05, 3.63) is 51.1 Å². The normalized spacial score (nSPS) is 18.4. The summed E-state index contributed by atoms with van der Waals surface area (Å²) in [5.74, 6) is 0.756. The number of halogens is 1. The van der Waals surface area contributed by atoms with E-state index in [2.05, 4.69) is 43.4 Å². The van der Waals surface area contributed by atoms with E-state index >= 15 is 0 Å². The number of piperazine rings is 1. The second kappa shape index (κ2) is 8.69. The van der Waals surface area contributed by atoms with Gasteiger partial charge in [0.25, 0.3) is 11.8 Å². The Morgan fingerprint density at radius 1 is 1.20 bits per heavy atom. The van der Waals surface area contributed by atoms with Crippen LogP contribution in [0.25, 0.3) is 0 Å². The maximum atomic E-state index is 13.0. The summed E-state index contributed by atoms with van der Waals surface area (Å²) in [5.41, 5.74) is 5.42. The van der Waals surface area contributed by atoms with Crippen LogP contribution in [-0.2, 0) is 6.42 Å². The SMILES string of the molecule is Cc1c(C(=O)N2CCN(C)CC2)oc2c1/C(=N/NC(=O)c1cncc(Br)c1)CCC2. The highest BCUT2D eigenvalue weighted by atomic mass is 79.9. The molecule has 2 aromatic heterocycles. The van der Waals surface area contributed by atoms with Crippen molar-refractivity contribution in [2.75, 3.05) is 33.2 Å². The fraction of sp³-hybridized carbons (Fsp3) is 0.429. The van der Waals surface area contributed by atoms with Crippen LogP contribution in [0.5, 0.6) is 0 Å². The van der Waals surface area contributed by atoms with Crippen LogP contribution in [0.15, 0.2) is 32.5 Å². The Morgan fingerprint density at radius 3 is 2.70 bits per heavy atom. The van der Waals surface area contributed by atoms with E-state index in [1.165, 1.54) is 6.20 Å². The van der Waals surface area contributed by atoms with Crippen LogP contribution in [0.1, 0.15) is 50.6 Å². The van der Waals surface area contributed by atoms with Crippen LogP contribution in [0, 0.1) is 6.92 Å². The van der Waals surface area contributed by atoms with Crippen LogP contribution in [0.4, 0.5) is 0 Å². The van der Waals surface area contributed by atoms with Crippen molar-refractivity contribution in [2.45, 2.75) is 26.2 Å². The molecule has 0 radical (unpaired) electrons. The van der Waals surface area contributed by atoms with E-state index in [0.717, 1.165) is 53.0 Å². The predicted molar refractivity (Wildman–Crippen MR) is 116 cm³/mol. The van der Waals surface area contributed by atoms with Crippen molar-refractivity contribution in [1.82, 2.24) is 20.2 Å². The first-order valence-corrected chi connectivity index (χ1v) is 10.8. The highest BCUT2D eigenvalue weighted by molar-refractivity contribution is 9.10. The molecule has 4 rings (SSSR count). The molecule has 158 valence electrons. The fourth-order valence-corrected chi connectivity index (χ4v) is 4.22. The first-order chi connectivity index (χ1) is 14.4. The van der Waals surface area contributed by atoms with Gasteiger partial charge >= 0.3 is 0 Å². The Bertz CT molecular complexity index is 1010.